The number of benzene rings is 1. The standard InChI is InChI=1S/C41H57ClFN7O5Si/c1-27-23-47(24-28(2)50(27)39(52)55-41(6,7)8)16-17-49(38(51)54-40(3,4)5)30-21-35-33(44-22-30)14-15-34(46-35)36-37(31-20-29(42)12-13-32(31)43)48(25-45-36)26-53-18-19-56(9,10)11/h12-15,20-22,25,27-28H,16-19,23-24,26H2,1-11H3/t27-,28+. The van der Waals surface area contributed by atoms with Crippen LogP contribution in [0.4, 0.5) is 19.7 Å². The Bertz CT molecular complexity index is 2010. The van der Waals surface area contributed by atoms with Crippen molar-refractivity contribution in [2.75, 3.05) is 37.7 Å². The van der Waals surface area contributed by atoms with Gasteiger partial charge in [0.05, 0.1) is 40.6 Å². The number of aromatic nitrogens is 4. The van der Waals surface area contributed by atoms with E-state index in [4.69, 9.17) is 35.8 Å². The van der Waals surface area contributed by atoms with Crippen molar-refractivity contribution in [3.63, 3.8) is 0 Å². The van der Waals surface area contributed by atoms with Crippen LogP contribution in [0.3, 0.4) is 0 Å². The number of hydrogen-bond donors (Lipinski definition) is 0. The second-order valence-corrected chi connectivity index (χ2v) is 23.8. The summed E-state index contributed by atoms with van der Waals surface area (Å²) in [5.74, 6) is -0.452. The molecule has 2 atom stereocenters. The smallest absolute Gasteiger partial charge is 0.414 e. The zero-order valence-corrected chi connectivity index (χ0v) is 36.4. The van der Waals surface area contributed by atoms with Gasteiger partial charge in [-0.25, -0.2) is 23.9 Å². The number of nitrogens with zero attached hydrogens (tertiary/aromatic N) is 7. The number of pyridine rings is 2. The summed E-state index contributed by atoms with van der Waals surface area (Å²) in [6.07, 6.45) is 2.41. The highest BCUT2D eigenvalue weighted by Crippen LogP contribution is 2.35. The van der Waals surface area contributed by atoms with Gasteiger partial charge >= 0.3 is 12.2 Å². The van der Waals surface area contributed by atoms with E-state index in [1.165, 1.54) is 12.1 Å². The van der Waals surface area contributed by atoms with Gasteiger partial charge in [-0.3, -0.25) is 14.8 Å². The van der Waals surface area contributed by atoms with E-state index in [1.54, 1.807) is 45.1 Å². The van der Waals surface area contributed by atoms with Gasteiger partial charge in [-0.1, -0.05) is 31.2 Å². The second kappa shape index (κ2) is 17.2. The number of hydrogen-bond acceptors (Lipinski definition) is 9. The van der Waals surface area contributed by atoms with Crippen LogP contribution in [0.5, 0.6) is 0 Å². The van der Waals surface area contributed by atoms with E-state index in [2.05, 4.69) is 29.5 Å². The molecule has 0 bridgehead atoms. The molecule has 1 aliphatic heterocycles. The summed E-state index contributed by atoms with van der Waals surface area (Å²) >= 11 is 6.37. The molecule has 12 nitrogen and oxygen atoms in total. The van der Waals surface area contributed by atoms with E-state index >= 15 is 4.39 Å². The van der Waals surface area contributed by atoms with Crippen LogP contribution in [-0.4, -0.2) is 106 Å². The lowest BCUT2D eigenvalue weighted by Gasteiger charge is -2.44. The number of fused-ring (bicyclic) bond motifs is 1. The van der Waals surface area contributed by atoms with Crippen molar-refractivity contribution in [3.8, 4) is 22.6 Å². The van der Waals surface area contributed by atoms with Crippen LogP contribution < -0.4 is 4.90 Å². The molecule has 1 aliphatic rings. The highest BCUT2D eigenvalue weighted by Gasteiger charge is 2.36. The molecule has 2 amide bonds. The largest absolute Gasteiger partial charge is 0.444 e. The van der Waals surface area contributed by atoms with Crippen LogP contribution in [0.1, 0.15) is 55.4 Å². The van der Waals surface area contributed by atoms with Crippen molar-refractivity contribution < 1.29 is 28.2 Å². The molecular formula is C41H57ClFN7O5Si. The SMILES string of the molecule is C[C@@H]1CN(CCN(C(=O)OC(C)(C)C)c2cnc3ccc(-c4ncn(COCC[Si](C)(C)C)c4-c4cc(Cl)ccc4F)nc3c2)C[C@H](C)N1C(=O)OC(C)(C)C. The first-order valence-electron chi connectivity index (χ1n) is 19.2. The van der Waals surface area contributed by atoms with E-state index in [0.717, 1.165) is 6.04 Å². The molecule has 0 spiro atoms. The van der Waals surface area contributed by atoms with Gasteiger partial charge in [-0.05, 0) is 97.8 Å². The zero-order valence-electron chi connectivity index (χ0n) is 34.7. The van der Waals surface area contributed by atoms with Crippen molar-refractivity contribution in [2.45, 2.75) is 111 Å². The predicted molar refractivity (Wildman–Crippen MR) is 222 cm³/mol. The maximum Gasteiger partial charge on any atom is 0.414 e. The Morgan fingerprint density at radius 1 is 0.946 bits per heavy atom. The van der Waals surface area contributed by atoms with Crippen molar-refractivity contribution in [3.05, 3.63) is 59.8 Å². The first-order chi connectivity index (χ1) is 26.1. The molecule has 4 aromatic rings. The number of halogens is 2. The monoisotopic (exact) mass is 809 g/mol. The summed E-state index contributed by atoms with van der Waals surface area (Å²) in [5.41, 5.74) is 1.99. The molecule has 1 fully saturated rings. The number of carbonyl (C=O) groups is 2. The zero-order chi connectivity index (χ0) is 41.2. The summed E-state index contributed by atoms with van der Waals surface area (Å²) < 4.78 is 34.8. The van der Waals surface area contributed by atoms with Gasteiger partial charge < -0.3 is 23.7 Å². The molecular weight excluding hydrogens is 753 g/mol. The summed E-state index contributed by atoms with van der Waals surface area (Å²) in [4.78, 5) is 46.7. The topological polar surface area (TPSA) is 115 Å². The third kappa shape index (κ3) is 11.3. The van der Waals surface area contributed by atoms with Crippen LogP contribution in [-0.2, 0) is 20.9 Å². The minimum absolute atomic E-state index is 0.0981. The Balaban J connectivity index is 1.45. The van der Waals surface area contributed by atoms with E-state index in [0.29, 0.717) is 71.6 Å². The lowest BCUT2D eigenvalue weighted by molar-refractivity contribution is -0.0145. The summed E-state index contributed by atoms with van der Waals surface area (Å²) in [6, 6.07) is 10.6. The van der Waals surface area contributed by atoms with E-state index in [9.17, 15) is 9.59 Å². The molecule has 3 aromatic heterocycles. The Morgan fingerprint density at radius 2 is 1.62 bits per heavy atom. The molecule has 5 rings (SSSR count). The fourth-order valence-electron chi connectivity index (χ4n) is 6.62. The third-order valence-corrected chi connectivity index (χ3v) is 11.1. The maximum absolute atomic E-state index is 15.5. The van der Waals surface area contributed by atoms with Gasteiger partial charge in [0.25, 0.3) is 0 Å². The number of piperazine rings is 1. The van der Waals surface area contributed by atoms with Crippen LogP contribution >= 0.6 is 11.6 Å². The molecule has 4 heterocycles. The number of ether oxygens (including phenoxy) is 3. The number of amides is 2. The Morgan fingerprint density at radius 3 is 2.27 bits per heavy atom. The van der Waals surface area contributed by atoms with E-state index < -0.39 is 31.2 Å². The molecule has 304 valence electrons. The highest BCUT2D eigenvalue weighted by molar-refractivity contribution is 6.76. The average molecular weight is 810 g/mol. The van der Waals surface area contributed by atoms with Crippen LogP contribution in [0.25, 0.3) is 33.7 Å². The number of anilines is 1. The van der Waals surface area contributed by atoms with Crippen LogP contribution in [0.2, 0.25) is 30.7 Å². The molecule has 0 N–H and O–H groups in total. The fraction of sp³-hybridized carbons (Fsp3) is 0.537. The highest BCUT2D eigenvalue weighted by atomic mass is 35.5. The Kier molecular flexibility index (Phi) is 13.2. The molecule has 0 aliphatic carbocycles. The molecule has 0 unspecified atom stereocenters. The number of rotatable bonds is 11. The van der Waals surface area contributed by atoms with Gasteiger partial charge in [0, 0.05) is 63.5 Å². The fourth-order valence-corrected chi connectivity index (χ4v) is 7.55. The molecule has 56 heavy (non-hydrogen) atoms. The first kappa shape index (κ1) is 43.0. The number of imidazole rings is 1. The third-order valence-electron chi connectivity index (χ3n) is 9.18. The minimum atomic E-state index is -1.32. The lowest BCUT2D eigenvalue weighted by atomic mass is 10.1. The Hall–Kier alpha value is -4.11. The van der Waals surface area contributed by atoms with Crippen molar-refractivity contribution in [2.24, 2.45) is 0 Å². The molecule has 1 saturated heterocycles. The predicted octanol–water partition coefficient (Wildman–Crippen LogP) is 9.34. The lowest BCUT2D eigenvalue weighted by Crippen LogP contribution is -2.60. The quantitative estimate of drug-likeness (QED) is 0.108. The normalized spacial score (nSPS) is 17.0. The van der Waals surface area contributed by atoms with Gasteiger partial charge in [0.2, 0.25) is 0 Å². The second-order valence-electron chi connectivity index (χ2n) is 17.8. The van der Waals surface area contributed by atoms with Crippen molar-refractivity contribution >= 4 is 48.6 Å². The van der Waals surface area contributed by atoms with Gasteiger partial charge in [0.1, 0.15) is 29.4 Å². The van der Waals surface area contributed by atoms with Crippen molar-refractivity contribution in [1.82, 2.24) is 29.3 Å². The first-order valence-corrected chi connectivity index (χ1v) is 23.3. The summed E-state index contributed by atoms with van der Waals surface area (Å²) in [7, 11) is -1.32. The van der Waals surface area contributed by atoms with Crippen molar-refractivity contribution in [1.29, 1.82) is 0 Å². The number of carbonyl (C=O) groups excluding carboxylic acids is 2. The Labute approximate surface area is 336 Å². The maximum atomic E-state index is 15.5. The molecule has 0 radical (unpaired) electrons. The van der Waals surface area contributed by atoms with E-state index in [1.807, 2.05) is 61.5 Å². The summed E-state index contributed by atoms with van der Waals surface area (Å²) in [5, 5.41) is 0.385. The molecule has 1 aromatic carbocycles. The van der Waals surface area contributed by atoms with Gasteiger partial charge in [-0.15, -0.1) is 0 Å². The van der Waals surface area contributed by atoms with Crippen LogP contribution in [0, 0.1) is 5.82 Å². The molecule has 0 saturated carbocycles. The van der Waals surface area contributed by atoms with Gasteiger partial charge in [0.15, 0.2) is 0 Å². The van der Waals surface area contributed by atoms with Crippen LogP contribution in [0.15, 0.2) is 48.9 Å². The minimum Gasteiger partial charge on any atom is -0.444 e. The molecule has 15 heteroatoms. The van der Waals surface area contributed by atoms with E-state index in [-0.39, 0.29) is 30.5 Å². The van der Waals surface area contributed by atoms with Gasteiger partial charge in [-0.2, -0.15) is 0 Å². The summed E-state index contributed by atoms with van der Waals surface area (Å²) in [6.45, 7) is 24.7. The average Bonchev–Trinajstić information content (AvgIpc) is 3.48.